The Morgan fingerprint density at radius 1 is 1.50 bits per heavy atom. The van der Waals surface area contributed by atoms with Crippen molar-refractivity contribution in [3.05, 3.63) is 21.3 Å². The summed E-state index contributed by atoms with van der Waals surface area (Å²) in [7, 11) is 1.52. The number of rotatable bonds is 4. The maximum absolute atomic E-state index is 12.3. The van der Waals surface area contributed by atoms with Gasteiger partial charge in [0.05, 0.1) is 17.5 Å². The lowest BCUT2D eigenvalue weighted by Crippen LogP contribution is -2.40. The lowest BCUT2D eigenvalue weighted by Gasteiger charge is -2.19. The first-order valence-electron chi connectivity index (χ1n) is 5.38. The molecule has 2 rings (SSSR count). The van der Waals surface area contributed by atoms with Crippen molar-refractivity contribution in [1.29, 1.82) is 0 Å². The highest BCUT2D eigenvalue weighted by Gasteiger charge is 2.49. The third-order valence-corrected chi connectivity index (χ3v) is 4.31. The molecule has 98 valence electrons. The van der Waals surface area contributed by atoms with Crippen molar-refractivity contribution in [1.82, 2.24) is 10.2 Å². The van der Waals surface area contributed by atoms with Crippen LogP contribution in [0.5, 0.6) is 0 Å². The number of thiophene rings is 1. The Morgan fingerprint density at radius 2 is 2.22 bits per heavy atom. The first kappa shape index (κ1) is 13.3. The van der Waals surface area contributed by atoms with Crippen molar-refractivity contribution in [2.24, 2.45) is 0 Å². The minimum atomic E-state index is -1.03. The summed E-state index contributed by atoms with van der Waals surface area (Å²) in [6.07, 6.45) is 0. The zero-order chi connectivity index (χ0) is 13.3. The summed E-state index contributed by atoms with van der Waals surface area (Å²) in [5.41, 5.74) is -1.03. The lowest BCUT2D eigenvalue weighted by molar-refractivity contribution is -0.131. The molecule has 0 saturated carbocycles. The van der Waals surface area contributed by atoms with Crippen molar-refractivity contribution in [2.75, 3.05) is 20.3 Å². The van der Waals surface area contributed by atoms with Crippen molar-refractivity contribution >= 4 is 34.9 Å². The van der Waals surface area contributed by atoms with E-state index in [0.29, 0.717) is 10.9 Å². The molecule has 0 unspecified atom stereocenters. The minimum absolute atomic E-state index is 0.246. The van der Waals surface area contributed by atoms with Crippen LogP contribution in [-0.2, 0) is 15.1 Å². The smallest absolute Gasteiger partial charge is 0.325 e. The Morgan fingerprint density at radius 3 is 2.78 bits per heavy atom. The molecule has 0 aromatic carbocycles. The fraction of sp³-hybridized carbons (Fsp3) is 0.455. The fourth-order valence-corrected chi connectivity index (χ4v) is 2.97. The molecule has 1 aromatic heterocycles. The summed E-state index contributed by atoms with van der Waals surface area (Å²) in [5, 5.41) is 2.70. The van der Waals surface area contributed by atoms with Gasteiger partial charge in [0.2, 0.25) is 0 Å². The van der Waals surface area contributed by atoms with Crippen LogP contribution < -0.4 is 5.32 Å². The molecule has 3 amide bonds. The first-order valence-corrected chi connectivity index (χ1v) is 6.57. The number of ether oxygens (including phenoxy) is 1. The number of hydrogen-bond acceptors (Lipinski definition) is 4. The second kappa shape index (κ2) is 4.87. The van der Waals surface area contributed by atoms with Crippen LogP contribution in [0.2, 0.25) is 4.34 Å². The number of imide groups is 1. The second-order valence-corrected chi connectivity index (χ2v) is 5.82. The second-order valence-electron chi connectivity index (χ2n) is 4.11. The molecule has 18 heavy (non-hydrogen) atoms. The van der Waals surface area contributed by atoms with Gasteiger partial charge in [0.1, 0.15) is 0 Å². The summed E-state index contributed by atoms with van der Waals surface area (Å²) in [6.45, 7) is 2.25. The van der Waals surface area contributed by atoms with E-state index in [1.165, 1.54) is 18.4 Å². The normalized spacial score (nSPS) is 23.6. The number of urea groups is 1. The van der Waals surface area contributed by atoms with Gasteiger partial charge in [-0.15, -0.1) is 11.3 Å². The van der Waals surface area contributed by atoms with Gasteiger partial charge in [-0.1, -0.05) is 11.6 Å². The van der Waals surface area contributed by atoms with Crippen molar-refractivity contribution < 1.29 is 14.3 Å². The van der Waals surface area contributed by atoms with Gasteiger partial charge in [-0.2, -0.15) is 0 Å². The summed E-state index contributed by atoms with van der Waals surface area (Å²) in [5.74, 6) is -0.275. The highest BCUT2D eigenvalue weighted by molar-refractivity contribution is 7.16. The van der Waals surface area contributed by atoms with E-state index < -0.39 is 11.6 Å². The monoisotopic (exact) mass is 288 g/mol. The number of amides is 3. The Balaban J connectivity index is 2.25. The third-order valence-electron chi connectivity index (χ3n) is 2.86. The molecule has 0 bridgehead atoms. The molecule has 0 aliphatic carbocycles. The molecule has 7 heteroatoms. The molecule has 1 aliphatic heterocycles. The van der Waals surface area contributed by atoms with Crippen LogP contribution in [0.3, 0.4) is 0 Å². The van der Waals surface area contributed by atoms with E-state index in [9.17, 15) is 9.59 Å². The molecule has 1 N–H and O–H groups in total. The Hall–Kier alpha value is -1.11. The molecule has 0 spiro atoms. The summed E-state index contributed by atoms with van der Waals surface area (Å²) in [4.78, 5) is 26.0. The van der Waals surface area contributed by atoms with E-state index in [1.807, 2.05) is 0 Å². The number of hydrogen-bond donors (Lipinski definition) is 1. The highest BCUT2D eigenvalue weighted by Crippen LogP contribution is 2.35. The molecular formula is C11H13ClN2O3S. The zero-order valence-electron chi connectivity index (χ0n) is 10.0. The number of carbonyl (C=O) groups excluding carboxylic acids is 2. The molecule has 2 heterocycles. The van der Waals surface area contributed by atoms with Crippen LogP contribution >= 0.6 is 22.9 Å². The standard InChI is InChI=1S/C11H13ClN2O3S/c1-11(7-3-4-8(12)18-7)9(15)14(5-6-17-2)10(16)13-11/h3-4H,5-6H2,1-2H3,(H,13,16)/t11-/m0/s1. The molecule has 0 radical (unpaired) electrons. The van der Waals surface area contributed by atoms with Crippen LogP contribution in [0.4, 0.5) is 4.79 Å². The maximum Gasteiger partial charge on any atom is 0.325 e. The van der Waals surface area contributed by atoms with Gasteiger partial charge in [-0.05, 0) is 19.1 Å². The largest absolute Gasteiger partial charge is 0.383 e. The van der Waals surface area contributed by atoms with E-state index in [0.717, 1.165) is 9.78 Å². The van der Waals surface area contributed by atoms with Gasteiger partial charge in [-0.3, -0.25) is 9.69 Å². The topological polar surface area (TPSA) is 58.6 Å². The minimum Gasteiger partial charge on any atom is -0.383 e. The number of halogens is 1. The average molecular weight is 289 g/mol. The predicted molar refractivity (Wildman–Crippen MR) is 68.8 cm³/mol. The van der Waals surface area contributed by atoms with Crippen LogP contribution in [0.25, 0.3) is 0 Å². The van der Waals surface area contributed by atoms with E-state index in [-0.39, 0.29) is 12.5 Å². The van der Waals surface area contributed by atoms with Crippen molar-refractivity contribution in [2.45, 2.75) is 12.5 Å². The predicted octanol–water partition coefficient (Wildman–Crippen LogP) is 1.81. The van der Waals surface area contributed by atoms with Gasteiger partial charge in [0, 0.05) is 12.0 Å². The van der Waals surface area contributed by atoms with E-state index in [4.69, 9.17) is 16.3 Å². The number of carbonyl (C=O) groups is 2. The molecule has 5 nitrogen and oxygen atoms in total. The van der Waals surface area contributed by atoms with E-state index >= 15 is 0 Å². The Kier molecular flexibility index (Phi) is 3.61. The van der Waals surface area contributed by atoms with Crippen molar-refractivity contribution in [3.63, 3.8) is 0 Å². The van der Waals surface area contributed by atoms with Gasteiger partial charge < -0.3 is 10.1 Å². The third kappa shape index (κ3) is 2.11. The van der Waals surface area contributed by atoms with Crippen LogP contribution in [0, 0.1) is 0 Å². The number of nitrogens with one attached hydrogen (secondary N) is 1. The molecule has 1 aromatic rings. The van der Waals surface area contributed by atoms with E-state index in [2.05, 4.69) is 5.32 Å². The molecular weight excluding hydrogens is 276 g/mol. The molecule has 1 aliphatic rings. The van der Waals surface area contributed by atoms with Crippen LogP contribution in [0.15, 0.2) is 12.1 Å². The fourth-order valence-electron chi connectivity index (χ4n) is 1.83. The first-order chi connectivity index (χ1) is 8.49. The maximum atomic E-state index is 12.3. The van der Waals surface area contributed by atoms with Crippen LogP contribution in [0.1, 0.15) is 11.8 Å². The van der Waals surface area contributed by atoms with Gasteiger partial charge in [0.15, 0.2) is 5.54 Å². The van der Waals surface area contributed by atoms with Gasteiger partial charge in [0.25, 0.3) is 5.91 Å². The average Bonchev–Trinajstić information content (AvgIpc) is 2.83. The Bertz CT molecular complexity index is 490. The molecule has 1 fully saturated rings. The van der Waals surface area contributed by atoms with Gasteiger partial charge >= 0.3 is 6.03 Å². The van der Waals surface area contributed by atoms with Gasteiger partial charge in [-0.25, -0.2) is 4.79 Å². The summed E-state index contributed by atoms with van der Waals surface area (Å²) >= 11 is 7.15. The summed E-state index contributed by atoms with van der Waals surface area (Å²) in [6, 6.07) is 3.07. The highest BCUT2D eigenvalue weighted by atomic mass is 35.5. The SMILES string of the molecule is COCCN1C(=O)N[C@@](C)(c2ccc(Cl)s2)C1=O. The van der Waals surface area contributed by atoms with Crippen molar-refractivity contribution in [3.8, 4) is 0 Å². The van der Waals surface area contributed by atoms with Crippen LogP contribution in [-0.4, -0.2) is 37.1 Å². The Labute approximate surface area is 114 Å². The number of nitrogens with zero attached hydrogens (tertiary/aromatic N) is 1. The zero-order valence-corrected chi connectivity index (χ0v) is 11.6. The van der Waals surface area contributed by atoms with E-state index in [1.54, 1.807) is 19.1 Å². The summed E-state index contributed by atoms with van der Waals surface area (Å²) < 4.78 is 5.47. The lowest BCUT2D eigenvalue weighted by atomic mass is 10.0. The molecule has 1 saturated heterocycles. The molecule has 1 atom stereocenters. The quantitative estimate of drug-likeness (QED) is 0.860. The number of methoxy groups -OCH3 is 1.